The molecule has 1 aromatic carbocycles. The van der Waals surface area contributed by atoms with Gasteiger partial charge in [-0.3, -0.25) is 9.10 Å². The summed E-state index contributed by atoms with van der Waals surface area (Å²) in [6, 6.07) is 9.23. The highest BCUT2D eigenvalue weighted by Crippen LogP contribution is 2.47. The summed E-state index contributed by atoms with van der Waals surface area (Å²) in [4.78, 5) is 14.2. The van der Waals surface area contributed by atoms with Gasteiger partial charge in [0.2, 0.25) is 15.8 Å². The van der Waals surface area contributed by atoms with Crippen molar-refractivity contribution < 1.29 is 17.7 Å². The zero-order valence-corrected chi connectivity index (χ0v) is 14.7. The van der Waals surface area contributed by atoms with E-state index in [-0.39, 0.29) is 17.1 Å². The average molecular weight is 361 g/mol. The minimum atomic E-state index is -3.33. The first kappa shape index (κ1) is 16.1. The molecular weight excluding hydrogens is 342 g/mol. The minimum absolute atomic E-state index is 0.168. The Balaban J connectivity index is 1.60. The van der Waals surface area contributed by atoms with E-state index in [0.717, 1.165) is 24.1 Å². The number of benzene rings is 1. The minimum Gasteiger partial charge on any atom is -0.351 e. The van der Waals surface area contributed by atoms with Crippen LogP contribution in [-0.4, -0.2) is 50.3 Å². The molecule has 2 aromatic rings. The lowest BCUT2D eigenvalue weighted by atomic mass is 9.74. The van der Waals surface area contributed by atoms with Crippen LogP contribution in [0.25, 0.3) is 0 Å². The third-order valence-corrected chi connectivity index (χ3v) is 6.37. The Morgan fingerprint density at radius 1 is 1.20 bits per heavy atom. The smallest absolute Gasteiger partial charge is 0.292 e. The van der Waals surface area contributed by atoms with Crippen LogP contribution >= 0.6 is 0 Å². The van der Waals surface area contributed by atoms with Crippen LogP contribution in [0, 0.1) is 0 Å². The molecule has 25 heavy (non-hydrogen) atoms. The monoisotopic (exact) mass is 361 g/mol. The van der Waals surface area contributed by atoms with Gasteiger partial charge in [-0.25, -0.2) is 8.42 Å². The molecule has 0 atom stereocenters. The van der Waals surface area contributed by atoms with Gasteiger partial charge in [-0.2, -0.15) is 0 Å². The molecule has 4 rings (SSSR count). The second-order valence-electron chi connectivity index (χ2n) is 6.74. The summed E-state index contributed by atoms with van der Waals surface area (Å²) in [5.41, 5.74) is 1.59. The van der Waals surface area contributed by atoms with Gasteiger partial charge in [-0.15, -0.1) is 0 Å². The van der Waals surface area contributed by atoms with E-state index in [1.165, 1.54) is 16.8 Å². The van der Waals surface area contributed by atoms with Gasteiger partial charge < -0.3 is 9.42 Å². The summed E-state index contributed by atoms with van der Waals surface area (Å²) >= 11 is 0. The number of sulfonamides is 1. The number of nitrogens with zero attached hydrogens (tertiary/aromatic N) is 3. The number of amides is 1. The van der Waals surface area contributed by atoms with Crippen molar-refractivity contribution in [3.8, 4) is 0 Å². The molecule has 0 aliphatic carbocycles. The van der Waals surface area contributed by atoms with Gasteiger partial charge in [0.05, 0.1) is 18.1 Å². The predicted molar refractivity (Wildman–Crippen MR) is 92.0 cm³/mol. The molecule has 0 bridgehead atoms. The van der Waals surface area contributed by atoms with Crippen LogP contribution in [0.15, 0.2) is 41.1 Å². The molecule has 1 aromatic heterocycles. The van der Waals surface area contributed by atoms with Crippen LogP contribution in [0.4, 0.5) is 5.69 Å². The Kier molecular flexibility index (Phi) is 3.61. The molecule has 1 spiro atoms. The van der Waals surface area contributed by atoms with Gasteiger partial charge in [0.25, 0.3) is 5.91 Å². The number of carbonyl (C=O) groups excluding carboxylic acids is 1. The van der Waals surface area contributed by atoms with Gasteiger partial charge in [0, 0.05) is 31.1 Å². The summed E-state index contributed by atoms with van der Waals surface area (Å²) in [7, 11) is -3.33. The van der Waals surface area contributed by atoms with Crippen LogP contribution < -0.4 is 4.31 Å². The van der Waals surface area contributed by atoms with Gasteiger partial charge in [0.1, 0.15) is 0 Å². The Labute approximate surface area is 146 Å². The molecule has 1 saturated heterocycles. The second-order valence-corrected chi connectivity index (χ2v) is 8.64. The van der Waals surface area contributed by atoms with Crippen LogP contribution in [0.5, 0.6) is 0 Å². The third-order valence-electron chi connectivity index (χ3n) is 5.25. The van der Waals surface area contributed by atoms with Gasteiger partial charge >= 0.3 is 0 Å². The molecule has 3 heterocycles. The standard InChI is InChI=1S/C17H19N3O4S/c1-25(22,23)20-12-17(13-4-2-3-5-14(13)20)7-10-19(11-8-17)16(21)15-6-9-18-24-15/h2-6,9H,7-8,10-12H2,1H3. The molecule has 1 fully saturated rings. The van der Waals surface area contributed by atoms with E-state index in [2.05, 4.69) is 5.16 Å². The van der Waals surface area contributed by atoms with Gasteiger partial charge in [-0.1, -0.05) is 23.4 Å². The number of carbonyl (C=O) groups is 1. The molecule has 0 radical (unpaired) electrons. The zero-order valence-electron chi connectivity index (χ0n) is 13.9. The number of aromatic nitrogens is 1. The van der Waals surface area contributed by atoms with E-state index in [1.807, 2.05) is 24.3 Å². The fraction of sp³-hybridized carbons (Fsp3) is 0.412. The first-order valence-corrected chi connectivity index (χ1v) is 10.0. The lowest BCUT2D eigenvalue weighted by molar-refractivity contribution is 0.0633. The van der Waals surface area contributed by atoms with E-state index in [9.17, 15) is 13.2 Å². The fourth-order valence-electron chi connectivity index (χ4n) is 3.93. The second kappa shape index (κ2) is 5.59. The lowest BCUT2D eigenvalue weighted by Crippen LogP contribution is -2.47. The SMILES string of the molecule is CS(=O)(=O)N1CC2(CCN(C(=O)c3ccno3)CC2)c2ccccc21. The summed E-state index contributed by atoms with van der Waals surface area (Å²) < 4.78 is 30.8. The summed E-state index contributed by atoms with van der Waals surface area (Å²) in [5.74, 6) is 0.0686. The maximum Gasteiger partial charge on any atom is 0.292 e. The average Bonchev–Trinajstić information content (AvgIpc) is 3.23. The molecule has 7 nitrogen and oxygen atoms in total. The number of fused-ring (bicyclic) bond motifs is 2. The number of rotatable bonds is 2. The van der Waals surface area contributed by atoms with Crippen LogP contribution in [0.1, 0.15) is 29.0 Å². The number of hydrogen-bond acceptors (Lipinski definition) is 5. The van der Waals surface area contributed by atoms with E-state index >= 15 is 0 Å². The zero-order chi connectivity index (χ0) is 17.7. The molecule has 132 valence electrons. The van der Waals surface area contributed by atoms with Crippen molar-refractivity contribution in [1.29, 1.82) is 0 Å². The molecule has 2 aliphatic rings. The Hall–Kier alpha value is -2.35. The highest BCUT2D eigenvalue weighted by molar-refractivity contribution is 7.92. The quantitative estimate of drug-likeness (QED) is 0.812. The molecular formula is C17H19N3O4S. The first-order valence-electron chi connectivity index (χ1n) is 8.18. The van der Waals surface area contributed by atoms with Crippen LogP contribution in [-0.2, 0) is 15.4 Å². The van der Waals surface area contributed by atoms with Crippen molar-refractivity contribution in [3.05, 3.63) is 47.9 Å². The summed E-state index contributed by atoms with van der Waals surface area (Å²) in [6.07, 6.45) is 4.13. The van der Waals surface area contributed by atoms with Crippen LogP contribution in [0.2, 0.25) is 0 Å². The number of anilines is 1. The van der Waals surface area contributed by atoms with E-state index in [1.54, 1.807) is 11.0 Å². The predicted octanol–water partition coefficient (Wildman–Crippen LogP) is 1.63. The fourth-order valence-corrected chi connectivity index (χ4v) is 4.93. The largest absolute Gasteiger partial charge is 0.351 e. The molecule has 0 unspecified atom stereocenters. The van der Waals surface area contributed by atoms with E-state index < -0.39 is 10.0 Å². The maximum absolute atomic E-state index is 12.4. The topological polar surface area (TPSA) is 83.7 Å². The van der Waals surface area contributed by atoms with Gasteiger partial charge in [-0.05, 0) is 24.5 Å². The molecule has 1 amide bonds. The van der Waals surface area contributed by atoms with Crippen molar-refractivity contribution in [3.63, 3.8) is 0 Å². The normalized spacial score (nSPS) is 19.2. The van der Waals surface area contributed by atoms with Crippen LogP contribution in [0.3, 0.4) is 0 Å². The highest BCUT2D eigenvalue weighted by atomic mass is 32.2. The molecule has 2 aliphatic heterocycles. The Morgan fingerprint density at radius 3 is 2.56 bits per heavy atom. The number of para-hydroxylation sites is 1. The lowest BCUT2D eigenvalue weighted by Gasteiger charge is -2.39. The number of likely N-dealkylation sites (tertiary alicyclic amines) is 1. The van der Waals surface area contributed by atoms with Gasteiger partial charge in [0.15, 0.2) is 0 Å². The molecule has 8 heteroatoms. The Morgan fingerprint density at radius 2 is 1.92 bits per heavy atom. The van der Waals surface area contributed by atoms with Crippen molar-refractivity contribution >= 4 is 21.6 Å². The first-order chi connectivity index (χ1) is 11.9. The van der Waals surface area contributed by atoms with E-state index in [4.69, 9.17) is 4.52 Å². The van der Waals surface area contributed by atoms with Crippen molar-refractivity contribution in [1.82, 2.24) is 10.1 Å². The van der Waals surface area contributed by atoms with Crippen molar-refractivity contribution in [2.45, 2.75) is 18.3 Å². The molecule has 0 saturated carbocycles. The maximum atomic E-state index is 12.4. The third kappa shape index (κ3) is 2.60. The Bertz CT molecular complexity index is 900. The number of hydrogen-bond donors (Lipinski definition) is 0. The highest BCUT2D eigenvalue weighted by Gasteiger charge is 2.47. The summed E-state index contributed by atoms with van der Waals surface area (Å²) in [6.45, 7) is 1.56. The van der Waals surface area contributed by atoms with E-state index in [0.29, 0.717) is 19.6 Å². The summed E-state index contributed by atoms with van der Waals surface area (Å²) in [5, 5.41) is 3.58. The number of piperidine rings is 1. The van der Waals surface area contributed by atoms with Crippen molar-refractivity contribution in [2.24, 2.45) is 0 Å². The molecule has 0 N–H and O–H groups in total. The van der Waals surface area contributed by atoms with Crippen molar-refractivity contribution in [2.75, 3.05) is 30.2 Å².